The van der Waals surface area contributed by atoms with Crippen LogP contribution in [0.15, 0.2) is 52.5 Å². The van der Waals surface area contributed by atoms with E-state index in [2.05, 4.69) is 35.9 Å². The van der Waals surface area contributed by atoms with Gasteiger partial charge < -0.3 is 9.47 Å². The first-order valence-electron chi connectivity index (χ1n) is 9.26. The number of nitrogens with one attached hydrogen (secondary N) is 1. The topological polar surface area (TPSA) is 77.0 Å². The van der Waals surface area contributed by atoms with Gasteiger partial charge in [-0.25, -0.2) is 0 Å². The molecule has 0 fully saturated rings. The summed E-state index contributed by atoms with van der Waals surface area (Å²) in [6, 6.07) is 12.7. The van der Waals surface area contributed by atoms with Gasteiger partial charge >= 0.3 is 0 Å². The number of hydrogen-bond donors (Lipinski definition) is 1. The van der Waals surface area contributed by atoms with E-state index in [1.165, 1.54) is 25.8 Å². The van der Waals surface area contributed by atoms with Crippen molar-refractivity contribution in [2.24, 2.45) is 5.10 Å². The van der Waals surface area contributed by atoms with Gasteiger partial charge in [0.2, 0.25) is 0 Å². The van der Waals surface area contributed by atoms with Crippen molar-refractivity contribution >= 4 is 15.7 Å². The minimum absolute atomic E-state index is 0.0272. The van der Waals surface area contributed by atoms with Gasteiger partial charge in [0.1, 0.15) is 16.4 Å². The van der Waals surface area contributed by atoms with Gasteiger partial charge in [-0.3, -0.25) is 0 Å². The quantitative estimate of drug-likeness (QED) is 0.499. The number of benzene rings is 2. The molecule has 2 aromatic rings. The number of sulfonamides is 1. The lowest BCUT2D eigenvalue weighted by atomic mass is 9.96. The van der Waals surface area contributed by atoms with Crippen LogP contribution in [0.25, 0.3) is 0 Å². The first kappa shape index (κ1) is 21.8. The molecule has 28 heavy (non-hydrogen) atoms. The average Bonchev–Trinajstić information content (AvgIpc) is 2.73. The first-order valence-corrected chi connectivity index (χ1v) is 10.7. The second-order valence-corrected chi connectivity index (χ2v) is 8.08. The maximum atomic E-state index is 12.8. The van der Waals surface area contributed by atoms with Gasteiger partial charge in [0.15, 0.2) is 0 Å². The molecule has 0 bridgehead atoms. The Morgan fingerprint density at radius 2 is 1.75 bits per heavy atom. The van der Waals surface area contributed by atoms with Gasteiger partial charge in [-0.1, -0.05) is 45.0 Å². The molecule has 0 amide bonds. The van der Waals surface area contributed by atoms with E-state index < -0.39 is 10.0 Å². The van der Waals surface area contributed by atoms with Crippen LogP contribution >= 0.6 is 0 Å². The summed E-state index contributed by atoms with van der Waals surface area (Å²) in [5.41, 5.74) is 2.79. The second-order valence-electron chi connectivity index (χ2n) is 6.45. The van der Waals surface area contributed by atoms with E-state index in [9.17, 15) is 8.42 Å². The fraction of sp³-hybridized carbons (Fsp3) is 0.381. The molecule has 0 radical (unpaired) electrons. The van der Waals surface area contributed by atoms with E-state index in [4.69, 9.17) is 9.47 Å². The highest BCUT2D eigenvalue weighted by Gasteiger charge is 2.20. The number of ether oxygens (including phenoxy) is 2. The Bertz CT molecular complexity index is 922. The summed E-state index contributed by atoms with van der Waals surface area (Å²) < 4.78 is 35.8. The Morgan fingerprint density at radius 1 is 1.07 bits per heavy atom. The van der Waals surface area contributed by atoms with Gasteiger partial charge in [-0.2, -0.15) is 18.4 Å². The maximum Gasteiger partial charge on any atom is 0.280 e. The molecule has 0 saturated carbocycles. The number of hydrogen-bond acceptors (Lipinski definition) is 5. The lowest BCUT2D eigenvalue weighted by Gasteiger charge is -2.12. The molecule has 2 rings (SSSR count). The summed E-state index contributed by atoms with van der Waals surface area (Å²) in [5.74, 6) is 1.12. The molecule has 2 aromatic carbocycles. The third kappa shape index (κ3) is 5.04. The molecule has 152 valence electrons. The zero-order valence-electron chi connectivity index (χ0n) is 17.0. The fourth-order valence-electron chi connectivity index (χ4n) is 2.75. The molecule has 7 heteroatoms. The van der Waals surface area contributed by atoms with Crippen molar-refractivity contribution in [1.29, 1.82) is 0 Å². The number of rotatable bonds is 9. The Labute approximate surface area is 167 Å². The highest BCUT2D eigenvalue weighted by molar-refractivity contribution is 7.89. The van der Waals surface area contributed by atoms with Crippen LogP contribution in [0.2, 0.25) is 0 Å². The standard InChI is InChI=1S/C21H28N2O4S/c1-6-15(3)16-8-10-17(11-9-16)19(7-2)22-23-28(24,25)21-14-18(26-4)12-13-20(21)27-5/h8-15,23H,6-7H2,1-5H3/b22-19-. The van der Waals surface area contributed by atoms with Gasteiger partial charge in [-0.15, -0.1) is 0 Å². The monoisotopic (exact) mass is 404 g/mol. The number of methoxy groups -OCH3 is 2. The SMILES string of the molecule is CC/C(=N/NS(=O)(=O)c1cc(OC)ccc1OC)c1ccc(C(C)CC)cc1. The van der Waals surface area contributed by atoms with Crippen LogP contribution < -0.4 is 14.3 Å². The molecule has 1 atom stereocenters. The number of hydrazone groups is 1. The van der Waals surface area contributed by atoms with Crippen LogP contribution in [-0.4, -0.2) is 28.3 Å². The molecule has 0 saturated heterocycles. The minimum atomic E-state index is -3.92. The van der Waals surface area contributed by atoms with E-state index in [1.54, 1.807) is 12.1 Å². The summed E-state index contributed by atoms with van der Waals surface area (Å²) in [5, 5.41) is 4.17. The second kappa shape index (κ2) is 9.59. The van der Waals surface area contributed by atoms with Crippen LogP contribution in [0, 0.1) is 0 Å². The number of nitrogens with zero attached hydrogens (tertiary/aromatic N) is 1. The Balaban J connectivity index is 2.31. The smallest absolute Gasteiger partial charge is 0.280 e. The third-order valence-corrected chi connectivity index (χ3v) is 5.95. The Hall–Kier alpha value is -2.54. The van der Waals surface area contributed by atoms with Crippen molar-refractivity contribution in [3.63, 3.8) is 0 Å². The van der Waals surface area contributed by atoms with Crippen LogP contribution in [0.3, 0.4) is 0 Å². The first-order chi connectivity index (χ1) is 13.4. The lowest BCUT2D eigenvalue weighted by Crippen LogP contribution is -2.21. The molecule has 0 aliphatic heterocycles. The summed E-state index contributed by atoms with van der Waals surface area (Å²) in [6.07, 6.45) is 1.65. The van der Waals surface area contributed by atoms with E-state index in [1.807, 2.05) is 19.1 Å². The van der Waals surface area contributed by atoms with E-state index in [0.717, 1.165) is 12.0 Å². The van der Waals surface area contributed by atoms with Crippen LogP contribution in [0.4, 0.5) is 0 Å². The highest BCUT2D eigenvalue weighted by Crippen LogP contribution is 2.28. The van der Waals surface area contributed by atoms with Crippen molar-refractivity contribution in [2.75, 3.05) is 14.2 Å². The average molecular weight is 405 g/mol. The largest absolute Gasteiger partial charge is 0.497 e. The van der Waals surface area contributed by atoms with E-state index in [-0.39, 0.29) is 10.6 Å². The summed E-state index contributed by atoms with van der Waals surface area (Å²) >= 11 is 0. The summed E-state index contributed by atoms with van der Waals surface area (Å²) in [6.45, 7) is 6.26. The predicted octanol–water partition coefficient (Wildman–Crippen LogP) is 4.31. The maximum absolute atomic E-state index is 12.8. The molecule has 1 N–H and O–H groups in total. The normalized spacial score (nSPS) is 13.1. The van der Waals surface area contributed by atoms with Crippen LogP contribution in [0.1, 0.15) is 50.7 Å². The van der Waals surface area contributed by atoms with E-state index >= 15 is 0 Å². The Kier molecular flexibility index (Phi) is 7.45. The molecular formula is C21H28N2O4S. The molecule has 0 spiro atoms. The van der Waals surface area contributed by atoms with Crippen molar-refractivity contribution in [3.8, 4) is 11.5 Å². The van der Waals surface area contributed by atoms with Crippen molar-refractivity contribution in [2.45, 2.75) is 44.4 Å². The molecule has 0 heterocycles. The molecule has 6 nitrogen and oxygen atoms in total. The molecule has 1 unspecified atom stereocenters. The van der Waals surface area contributed by atoms with Crippen LogP contribution in [-0.2, 0) is 10.0 Å². The van der Waals surface area contributed by atoms with Gasteiger partial charge in [0, 0.05) is 6.07 Å². The molecular weight excluding hydrogens is 376 g/mol. The fourth-order valence-corrected chi connectivity index (χ4v) is 3.76. The van der Waals surface area contributed by atoms with Gasteiger partial charge in [-0.05, 0) is 42.0 Å². The highest BCUT2D eigenvalue weighted by atomic mass is 32.2. The lowest BCUT2D eigenvalue weighted by molar-refractivity contribution is 0.392. The van der Waals surface area contributed by atoms with Crippen molar-refractivity contribution < 1.29 is 17.9 Å². The van der Waals surface area contributed by atoms with Gasteiger partial charge in [0.25, 0.3) is 10.0 Å². The summed E-state index contributed by atoms with van der Waals surface area (Å²) in [4.78, 5) is 2.30. The van der Waals surface area contributed by atoms with Crippen molar-refractivity contribution in [3.05, 3.63) is 53.6 Å². The minimum Gasteiger partial charge on any atom is -0.497 e. The van der Waals surface area contributed by atoms with Crippen LogP contribution in [0.5, 0.6) is 11.5 Å². The third-order valence-electron chi connectivity index (χ3n) is 4.72. The van der Waals surface area contributed by atoms with Gasteiger partial charge in [0.05, 0.1) is 19.9 Å². The van der Waals surface area contributed by atoms with Crippen molar-refractivity contribution in [1.82, 2.24) is 4.83 Å². The zero-order chi connectivity index (χ0) is 20.7. The van der Waals surface area contributed by atoms with E-state index in [0.29, 0.717) is 23.8 Å². The molecule has 0 aromatic heterocycles. The zero-order valence-corrected chi connectivity index (χ0v) is 17.8. The summed E-state index contributed by atoms with van der Waals surface area (Å²) in [7, 11) is -1.03. The molecule has 0 aliphatic rings. The Morgan fingerprint density at radius 3 is 2.29 bits per heavy atom. The molecule has 0 aliphatic carbocycles. The predicted molar refractivity (Wildman–Crippen MR) is 112 cm³/mol.